The molecule has 0 bridgehead atoms. The van der Waals surface area contributed by atoms with E-state index in [1.54, 1.807) is 17.5 Å². The van der Waals surface area contributed by atoms with Gasteiger partial charge in [-0.1, -0.05) is 17.7 Å². The highest BCUT2D eigenvalue weighted by Crippen LogP contribution is 2.35. The van der Waals surface area contributed by atoms with E-state index in [1.807, 2.05) is 0 Å². The number of carbonyl (C=O) groups is 1. The van der Waals surface area contributed by atoms with E-state index in [0.717, 1.165) is 0 Å². The summed E-state index contributed by atoms with van der Waals surface area (Å²) in [6.07, 6.45) is 0. The lowest BCUT2D eigenvalue weighted by Gasteiger charge is -2.06. The third-order valence-corrected chi connectivity index (χ3v) is 4.44. The Hall–Kier alpha value is -1.44. The van der Waals surface area contributed by atoms with Gasteiger partial charge in [-0.2, -0.15) is 0 Å². The fourth-order valence-electron chi connectivity index (χ4n) is 1.38. The van der Waals surface area contributed by atoms with Crippen molar-refractivity contribution in [3.63, 3.8) is 0 Å². The molecule has 98 valence electrons. The Bertz CT molecular complexity index is 646. The predicted octanol–water partition coefficient (Wildman–Crippen LogP) is 4.32. The van der Waals surface area contributed by atoms with Crippen molar-refractivity contribution in [1.82, 2.24) is 0 Å². The SMILES string of the molecule is O=C(Nc1cc(Cl)c(Br)c([N+](=O)[O-])c1)c1cccs1. The van der Waals surface area contributed by atoms with Gasteiger partial charge < -0.3 is 5.32 Å². The second-order valence-corrected chi connectivity index (χ2v) is 5.63. The highest BCUT2D eigenvalue weighted by atomic mass is 79.9. The molecule has 2 aromatic rings. The first kappa shape index (κ1) is 14.0. The number of nitrogens with one attached hydrogen (secondary N) is 1. The number of halogens is 2. The lowest BCUT2D eigenvalue weighted by Crippen LogP contribution is -2.10. The summed E-state index contributed by atoms with van der Waals surface area (Å²) in [5, 5.41) is 15.3. The molecule has 0 aliphatic heterocycles. The van der Waals surface area contributed by atoms with Crippen molar-refractivity contribution < 1.29 is 9.72 Å². The number of thiophene rings is 1. The number of anilines is 1. The van der Waals surface area contributed by atoms with Gasteiger partial charge in [0.1, 0.15) is 4.47 Å². The molecule has 0 fully saturated rings. The lowest BCUT2D eigenvalue weighted by atomic mass is 10.2. The second-order valence-electron chi connectivity index (χ2n) is 3.48. The molecule has 5 nitrogen and oxygen atoms in total. The van der Waals surface area contributed by atoms with Crippen molar-refractivity contribution >= 4 is 56.1 Å². The molecule has 0 atom stereocenters. The third kappa shape index (κ3) is 3.12. The molecule has 1 heterocycles. The molecular formula is C11H6BrClN2O3S. The molecule has 0 saturated heterocycles. The van der Waals surface area contributed by atoms with Crippen LogP contribution in [-0.4, -0.2) is 10.8 Å². The van der Waals surface area contributed by atoms with Crippen LogP contribution >= 0.6 is 38.9 Å². The molecule has 0 radical (unpaired) electrons. The van der Waals surface area contributed by atoms with Gasteiger partial charge in [0.25, 0.3) is 11.6 Å². The average Bonchev–Trinajstić information content (AvgIpc) is 2.86. The maximum atomic E-state index is 11.8. The molecule has 0 saturated carbocycles. The Kier molecular flexibility index (Phi) is 4.18. The molecule has 1 aromatic carbocycles. The van der Waals surface area contributed by atoms with Gasteiger partial charge in [0.2, 0.25) is 0 Å². The number of hydrogen-bond donors (Lipinski definition) is 1. The van der Waals surface area contributed by atoms with Crippen LogP contribution in [0.1, 0.15) is 9.67 Å². The number of amides is 1. The molecule has 19 heavy (non-hydrogen) atoms. The summed E-state index contributed by atoms with van der Waals surface area (Å²) in [4.78, 5) is 22.6. The Morgan fingerprint density at radius 1 is 1.47 bits per heavy atom. The molecular weight excluding hydrogens is 356 g/mol. The molecule has 1 N–H and O–H groups in total. The van der Waals surface area contributed by atoms with Crippen LogP contribution in [0, 0.1) is 10.1 Å². The van der Waals surface area contributed by atoms with Crippen LogP contribution < -0.4 is 5.32 Å². The normalized spacial score (nSPS) is 10.2. The lowest BCUT2D eigenvalue weighted by molar-refractivity contribution is -0.385. The summed E-state index contributed by atoms with van der Waals surface area (Å²) >= 11 is 10.2. The zero-order valence-corrected chi connectivity index (χ0v) is 12.4. The second kappa shape index (κ2) is 5.68. The number of benzene rings is 1. The van der Waals surface area contributed by atoms with E-state index in [1.165, 1.54) is 23.5 Å². The first-order valence-corrected chi connectivity index (χ1v) is 7.02. The standard InChI is InChI=1S/C11H6BrClN2O3S/c12-10-7(13)4-6(5-8(10)15(17)18)14-11(16)9-2-1-3-19-9/h1-5H,(H,14,16). The first-order valence-electron chi connectivity index (χ1n) is 4.97. The number of nitro benzene ring substituents is 1. The van der Waals surface area contributed by atoms with Gasteiger partial charge in [0.05, 0.1) is 14.8 Å². The smallest absolute Gasteiger partial charge is 0.287 e. The van der Waals surface area contributed by atoms with Gasteiger partial charge in [0, 0.05) is 11.8 Å². The van der Waals surface area contributed by atoms with Crippen LogP contribution in [0.15, 0.2) is 34.1 Å². The average molecular weight is 362 g/mol. The minimum Gasteiger partial charge on any atom is -0.321 e. The largest absolute Gasteiger partial charge is 0.321 e. The van der Waals surface area contributed by atoms with Crippen LogP contribution in [0.5, 0.6) is 0 Å². The molecule has 0 spiro atoms. The van der Waals surface area contributed by atoms with Gasteiger partial charge in [-0.3, -0.25) is 14.9 Å². The zero-order chi connectivity index (χ0) is 14.0. The van der Waals surface area contributed by atoms with Crippen molar-refractivity contribution in [3.8, 4) is 0 Å². The fourth-order valence-corrected chi connectivity index (χ4v) is 2.59. The van der Waals surface area contributed by atoms with Crippen molar-refractivity contribution in [1.29, 1.82) is 0 Å². The van der Waals surface area contributed by atoms with E-state index < -0.39 is 4.92 Å². The van der Waals surface area contributed by atoms with E-state index in [2.05, 4.69) is 21.2 Å². The molecule has 0 unspecified atom stereocenters. The molecule has 0 aliphatic carbocycles. The molecule has 2 rings (SSSR count). The summed E-state index contributed by atoms with van der Waals surface area (Å²) in [6, 6.07) is 6.11. The monoisotopic (exact) mass is 360 g/mol. The maximum Gasteiger partial charge on any atom is 0.287 e. The highest BCUT2D eigenvalue weighted by Gasteiger charge is 2.18. The number of carbonyl (C=O) groups excluding carboxylic acids is 1. The van der Waals surface area contributed by atoms with Crippen LogP contribution in [0.25, 0.3) is 0 Å². The van der Waals surface area contributed by atoms with Gasteiger partial charge in [-0.15, -0.1) is 11.3 Å². The van der Waals surface area contributed by atoms with E-state index in [4.69, 9.17) is 11.6 Å². The Morgan fingerprint density at radius 3 is 2.79 bits per heavy atom. The van der Waals surface area contributed by atoms with Crippen LogP contribution in [0.4, 0.5) is 11.4 Å². The zero-order valence-electron chi connectivity index (χ0n) is 9.22. The van der Waals surface area contributed by atoms with Gasteiger partial charge >= 0.3 is 0 Å². The first-order chi connectivity index (χ1) is 8.99. The number of rotatable bonds is 3. The summed E-state index contributed by atoms with van der Waals surface area (Å²) in [5.74, 6) is -0.331. The molecule has 8 heteroatoms. The Morgan fingerprint density at radius 2 is 2.21 bits per heavy atom. The Labute approximate surface area is 125 Å². The Balaban J connectivity index is 2.31. The van der Waals surface area contributed by atoms with Crippen molar-refractivity contribution in [2.75, 3.05) is 5.32 Å². The van der Waals surface area contributed by atoms with Crippen molar-refractivity contribution in [2.24, 2.45) is 0 Å². The summed E-state index contributed by atoms with van der Waals surface area (Å²) in [6.45, 7) is 0. The van der Waals surface area contributed by atoms with Crippen LogP contribution in [0.3, 0.4) is 0 Å². The van der Waals surface area contributed by atoms with E-state index in [9.17, 15) is 14.9 Å². The molecule has 0 aliphatic rings. The minimum atomic E-state index is -0.573. The minimum absolute atomic E-state index is 0.163. The molecule has 1 aromatic heterocycles. The summed E-state index contributed by atoms with van der Waals surface area (Å²) in [5.41, 5.74) is 0.0762. The number of nitrogens with zero attached hydrogens (tertiary/aromatic N) is 1. The number of hydrogen-bond acceptors (Lipinski definition) is 4. The van der Waals surface area contributed by atoms with E-state index in [-0.39, 0.29) is 26.8 Å². The van der Waals surface area contributed by atoms with Gasteiger partial charge in [-0.05, 0) is 33.4 Å². The topological polar surface area (TPSA) is 72.2 Å². The van der Waals surface area contributed by atoms with E-state index in [0.29, 0.717) is 4.88 Å². The van der Waals surface area contributed by atoms with E-state index >= 15 is 0 Å². The quantitative estimate of drug-likeness (QED) is 0.653. The summed E-state index contributed by atoms with van der Waals surface area (Å²) < 4.78 is 0.188. The van der Waals surface area contributed by atoms with Crippen molar-refractivity contribution in [3.05, 3.63) is 54.1 Å². The maximum absolute atomic E-state index is 11.8. The number of nitro groups is 1. The molecule has 1 amide bonds. The van der Waals surface area contributed by atoms with Crippen LogP contribution in [0.2, 0.25) is 5.02 Å². The van der Waals surface area contributed by atoms with Crippen LogP contribution in [-0.2, 0) is 0 Å². The van der Waals surface area contributed by atoms with Crippen molar-refractivity contribution in [2.45, 2.75) is 0 Å². The predicted molar refractivity (Wildman–Crippen MR) is 78.1 cm³/mol. The highest BCUT2D eigenvalue weighted by molar-refractivity contribution is 9.10. The fraction of sp³-hybridized carbons (Fsp3) is 0. The summed E-state index contributed by atoms with van der Waals surface area (Å²) in [7, 11) is 0. The van der Waals surface area contributed by atoms with Gasteiger partial charge in [0.15, 0.2) is 0 Å². The third-order valence-electron chi connectivity index (χ3n) is 2.21. The van der Waals surface area contributed by atoms with Gasteiger partial charge in [-0.25, -0.2) is 0 Å².